The van der Waals surface area contributed by atoms with Crippen molar-refractivity contribution in [3.05, 3.63) is 89.5 Å². The Morgan fingerprint density at radius 1 is 0.897 bits per heavy atom. The first kappa shape index (κ1) is 19.9. The van der Waals surface area contributed by atoms with Crippen LogP contribution in [0.5, 0.6) is 0 Å². The van der Waals surface area contributed by atoms with Gasteiger partial charge in [-0.05, 0) is 49.9 Å². The number of aryl methyl sites for hydroxylation is 2. The van der Waals surface area contributed by atoms with Gasteiger partial charge in [0.1, 0.15) is 6.61 Å². The van der Waals surface area contributed by atoms with Crippen LogP contribution in [0.25, 0.3) is 0 Å². The highest BCUT2D eigenvalue weighted by molar-refractivity contribution is 7.80. The van der Waals surface area contributed by atoms with E-state index in [1.807, 2.05) is 0 Å². The zero-order valence-electron chi connectivity index (χ0n) is 17.6. The van der Waals surface area contributed by atoms with E-state index in [2.05, 4.69) is 100 Å². The predicted molar refractivity (Wildman–Crippen MR) is 126 cm³/mol. The third kappa shape index (κ3) is 4.14. The van der Waals surface area contributed by atoms with Gasteiger partial charge in [0.15, 0.2) is 0 Å². The van der Waals surface area contributed by atoms with Gasteiger partial charge in [0.2, 0.25) is 5.90 Å². The highest BCUT2D eigenvalue weighted by Gasteiger charge is 2.29. The minimum atomic E-state index is -0.707. The van der Waals surface area contributed by atoms with Gasteiger partial charge >= 0.3 is 0 Å². The zero-order valence-corrected chi connectivity index (χ0v) is 18.5. The van der Waals surface area contributed by atoms with Crippen LogP contribution in [0.2, 0.25) is 0 Å². The summed E-state index contributed by atoms with van der Waals surface area (Å²) in [5.74, 6) is 1.29. The Hall–Kier alpha value is -2.44. The molecule has 1 heterocycles. The van der Waals surface area contributed by atoms with Crippen molar-refractivity contribution in [2.45, 2.75) is 33.7 Å². The van der Waals surface area contributed by atoms with Crippen LogP contribution in [0.15, 0.2) is 77.8 Å². The molecule has 29 heavy (non-hydrogen) atoms. The number of aliphatic imine (C=N–C) groups is 1. The second-order valence-electron chi connectivity index (χ2n) is 8.04. The first-order chi connectivity index (χ1) is 14.0. The van der Waals surface area contributed by atoms with Crippen LogP contribution in [0.1, 0.15) is 30.5 Å². The number of rotatable bonds is 5. The molecule has 0 aromatic heterocycles. The highest BCUT2D eigenvalue weighted by atomic mass is 31.1. The summed E-state index contributed by atoms with van der Waals surface area (Å²) in [7, 11) is -0.707. The average Bonchev–Trinajstić information content (AvgIpc) is 3.22. The smallest absolute Gasteiger partial charge is 0.217 e. The van der Waals surface area contributed by atoms with Crippen molar-refractivity contribution >= 4 is 29.7 Å². The Labute approximate surface area is 175 Å². The average molecular weight is 401 g/mol. The lowest BCUT2D eigenvalue weighted by Gasteiger charge is -2.24. The van der Waals surface area contributed by atoms with Gasteiger partial charge < -0.3 is 4.74 Å². The zero-order chi connectivity index (χ0) is 20.4. The van der Waals surface area contributed by atoms with E-state index in [4.69, 9.17) is 9.73 Å². The van der Waals surface area contributed by atoms with Crippen LogP contribution in [0, 0.1) is 19.8 Å². The third-order valence-corrected chi connectivity index (χ3v) is 8.04. The van der Waals surface area contributed by atoms with Gasteiger partial charge in [0.05, 0.1) is 6.04 Å². The molecule has 0 N–H and O–H groups in total. The molecule has 4 rings (SSSR count). The topological polar surface area (TPSA) is 21.6 Å². The molecule has 0 aliphatic carbocycles. The molecule has 0 saturated heterocycles. The summed E-state index contributed by atoms with van der Waals surface area (Å²) in [6.07, 6.45) is 0. The maximum Gasteiger partial charge on any atom is 0.217 e. The summed E-state index contributed by atoms with van der Waals surface area (Å²) in [5, 5.41) is 4.05. The lowest BCUT2D eigenvalue weighted by atomic mass is 10.1. The number of ether oxygens (including phenoxy) is 1. The van der Waals surface area contributed by atoms with Crippen molar-refractivity contribution in [2.24, 2.45) is 10.9 Å². The van der Waals surface area contributed by atoms with Crippen LogP contribution in [-0.2, 0) is 4.74 Å². The van der Waals surface area contributed by atoms with Gasteiger partial charge in [-0.15, -0.1) is 0 Å². The summed E-state index contributed by atoms with van der Waals surface area (Å²) in [5.41, 5.74) is 3.71. The summed E-state index contributed by atoms with van der Waals surface area (Å²) in [6, 6.07) is 26.5. The van der Waals surface area contributed by atoms with Crippen LogP contribution >= 0.6 is 7.92 Å². The maximum absolute atomic E-state index is 6.15. The Morgan fingerprint density at radius 3 is 2.00 bits per heavy atom. The lowest BCUT2D eigenvalue weighted by molar-refractivity contribution is 0.292. The summed E-state index contributed by atoms with van der Waals surface area (Å²) in [6.45, 7) is 9.48. The molecular weight excluding hydrogens is 373 g/mol. The first-order valence-electron chi connectivity index (χ1n) is 10.3. The molecule has 0 unspecified atom stereocenters. The molecule has 3 aromatic carbocycles. The molecule has 2 nitrogen and oxygen atoms in total. The minimum absolute atomic E-state index is 0.235. The molecule has 0 radical (unpaired) electrons. The van der Waals surface area contributed by atoms with Gasteiger partial charge in [-0.3, -0.25) is 0 Å². The van der Waals surface area contributed by atoms with Crippen molar-refractivity contribution in [1.82, 2.24) is 0 Å². The SMILES string of the molecule is Cc1cc(C)c(P(c2ccccc2)c2ccccc2)c(C2=N[C@@H](C(C)C)CO2)c1. The Bertz CT molecular complexity index is 972. The molecule has 0 amide bonds. The summed E-state index contributed by atoms with van der Waals surface area (Å²) < 4.78 is 6.15. The standard InChI is InChI=1S/C26H28NOP/c1-18(2)24-17-28-26(27-24)23-16-19(3)15-20(4)25(23)29(21-11-7-5-8-12-21)22-13-9-6-10-14-22/h5-16,18,24H,17H2,1-4H3/t24-/m1/s1. The largest absolute Gasteiger partial charge is 0.475 e. The molecule has 148 valence electrons. The number of hydrogen-bond donors (Lipinski definition) is 0. The van der Waals surface area contributed by atoms with Crippen LogP contribution in [-0.4, -0.2) is 18.5 Å². The van der Waals surface area contributed by atoms with E-state index in [-0.39, 0.29) is 6.04 Å². The fraction of sp³-hybridized carbons (Fsp3) is 0.269. The van der Waals surface area contributed by atoms with E-state index in [0.717, 1.165) is 11.5 Å². The van der Waals surface area contributed by atoms with Crippen molar-refractivity contribution in [3.8, 4) is 0 Å². The predicted octanol–water partition coefficient (Wildman–Crippen LogP) is 4.86. The molecule has 1 aliphatic heterocycles. The second kappa shape index (κ2) is 8.51. The van der Waals surface area contributed by atoms with Gasteiger partial charge in [-0.2, -0.15) is 0 Å². The maximum atomic E-state index is 6.15. The van der Waals surface area contributed by atoms with E-state index in [9.17, 15) is 0 Å². The van der Waals surface area contributed by atoms with Crippen molar-refractivity contribution in [3.63, 3.8) is 0 Å². The third-order valence-electron chi connectivity index (χ3n) is 5.37. The number of hydrogen-bond acceptors (Lipinski definition) is 2. The number of benzene rings is 3. The molecule has 3 heteroatoms. The fourth-order valence-corrected chi connectivity index (χ4v) is 6.43. The van der Waals surface area contributed by atoms with Gasteiger partial charge in [-0.1, -0.05) is 86.1 Å². The molecular formula is C26H28NOP. The van der Waals surface area contributed by atoms with Gasteiger partial charge in [0, 0.05) is 10.9 Å². The molecule has 0 fully saturated rings. The molecule has 3 aromatic rings. The van der Waals surface area contributed by atoms with Crippen LogP contribution < -0.4 is 15.9 Å². The lowest BCUT2D eigenvalue weighted by Crippen LogP contribution is -2.27. The van der Waals surface area contributed by atoms with E-state index in [0.29, 0.717) is 12.5 Å². The van der Waals surface area contributed by atoms with Gasteiger partial charge in [0.25, 0.3) is 0 Å². The summed E-state index contributed by atoms with van der Waals surface area (Å²) >= 11 is 0. The molecule has 0 saturated carbocycles. The van der Waals surface area contributed by atoms with Crippen LogP contribution in [0.3, 0.4) is 0 Å². The van der Waals surface area contributed by atoms with E-state index in [1.54, 1.807) is 0 Å². The van der Waals surface area contributed by atoms with E-state index >= 15 is 0 Å². The Kier molecular flexibility index (Phi) is 5.83. The monoisotopic (exact) mass is 401 g/mol. The quantitative estimate of drug-likeness (QED) is 0.560. The Balaban J connectivity index is 1.93. The summed E-state index contributed by atoms with van der Waals surface area (Å²) in [4.78, 5) is 4.98. The molecule has 1 atom stereocenters. The second-order valence-corrected chi connectivity index (χ2v) is 10.2. The fourth-order valence-electron chi connectivity index (χ4n) is 3.86. The van der Waals surface area contributed by atoms with Crippen LogP contribution in [0.4, 0.5) is 0 Å². The molecule has 0 spiro atoms. The van der Waals surface area contributed by atoms with E-state index in [1.165, 1.54) is 27.0 Å². The van der Waals surface area contributed by atoms with Gasteiger partial charge in [-0.25, -0.2) is 4.99 Å². The highest BCUT2D eigenvalue weighted by Crippen LogP contribution is 2.36. The van der Waals surface area contributed by atoms with Crippen molar-refractivity contribution in [1.29, 1.82) is 0 Å². The van der Waals surface area contributed by atoms with Crippen molar-refractivity contribution < 1.29 is 4.74 Å². The minimum Gasteiger partial charge on any atom is -0.475 e. The first-order valence-corrected chi connectivity index (χ1v) is 11.6. The van der Waals surface area contributed by atoms with E-state index < -0.39 is 7.92 Å². The Morgan fingerprint density at radius 2 is 1.48 bits per heavy atom. The van der Waals surface area contributed by atoms with Crippen molar-refractivity contribution in [2.75, 3.05) is 6.61 Å². The molecule has 1 aliphatic rings. The normalized spacial score (nSPS) is 16.2. The molecule has 0 bridgehead atoms. The number of nitrogens with zero attached hydrogens (tertiary/aromatic N) is 1.